The third-order valence-electron chi connectivity index (χ3n) is 3.96. The fraction of sp³-hybridized carbons (Fsp3) is 0.333. The molecule has 3 N–H and O–H groups in total. The van der Waals surface area contributed by atoms with Crippen LogP contribution in [0.1, 0.15) is 15.9 Å². The number of amides is 1. The number of carbonyl (C=O) groups is 1. The number of nitrogens with zero attached hydrogens (tertiary/aromatic N) is 1. The molecule has 0 fully saturated rings. The molecule has 0 unspecified atom stereocenters. The zero-order valence-corrected chi connectivity index (χ0v) is 19.4. The molecule has 0 aliphatic rings. The molecule has 158 valence electrons. The summed E-state index contributed by atoms with van der Waals surface area (Å²) in [5.41, 5.74) is 1.80. The minimum absolute atomic E-state index is 0. The number of aryl methyl sites for hydroxylation is 1. The molecule has 0 radical (unpaired) electrons. The summed E-state index contributed by atoms with van der Waals surface area (Å²) in [6.45, 7) is 4.22. The van der Waals surface area contributed by atoms with Crippen LogP contribution >= 0.6 is 24.0 Å². The van der Waals surface area contributed by atoms with Crippen molar-refractivity contribution in [2.24, 2.45) is 4.99 Å². The lowest BCUT2D eigenvalue weighted by atomic mass is 10.2. The maximum atomic E-state index is 12.1. The SMILES string of the molecule is CN=C(NCCNC(=O)c1ccc(OC)cc1)NCCOc1ccc(C)cc1.I. The van der Waals surface area contributed by atoms with E-state index in [9.17, 15) is 4.79 Å². The van der Waals surface area contributed by atoms with Crippen molar-refractivity contribution in [3.63, 3.8) is 0 Å². The lowest BCUT2D eigenvalue weighted by molar-refractivity contribution is 0.0954. The Morgan fingerprint density at radius 2 is 1.48 bits per heavy atom. The summed E-state index contributed by atoms with van der Waals surface area (Å²) in [5.74, 6) is 2.10. The van der Waals surface area contributed by atoms with Gasteiger partial charge in [0.1, 0.15) is 18.1 Å². The fourth-order valence-corrected chi connectivity index (χ4v) is 2.39. The third kappa shape index (κ3) is 9.03. The average molecular weight is 512 g/mol. The molecule has 0 atom stereocenters. The molecule has 0 heterocycles. The molecule has 0 saturated heterocycles. The van der Waals surface area contributed by atoms with Crippen molar-refractivity contribution < 1.29 is 14.3 Å². The second-order valence-corrected chi connectivity index (χ2v) is 6.07. The van der Waals surface area contributed by atoms with E-state index in [0.717, 1.165) is 11.5 Å². The Labute approximate surface area is 189 Å². The average Bonchev–Trinajstić information content (AvgIpc) is 2.73. The van der Waals surface area contributed by atoms with Crippen molar-refractivity contribution in [2.45, 2.75) is 6.92 Å². The van der Waals surface area contributed by atoms with Gasteiger partial charge in [0.2, 0.25) is 0 Å². The van der Waals surface area contributed by atoms with Gasteiger partial charge in [-0.1, -0.05) is 17.7 Å². The second-order valence-electron chi connectivity index (χ2n) is 6.07. The first-order valence-electron chi connectivity index (χ1n) is 9.18. The first-order valence-corrected chi connectivity index (χ1v) is 9.18. The van der Waals surface area contributed by atoms with E-state index in [0.29, 0.717) is 37.8 Å². The van der Waals surface area contributed by atoms with Gasteiger partial charge in [-0.25, -0.2) is 0 Å². The molecule has 0 saturated carbocycles. The van der Waals surface area contributed by atoms with Gasteiger partial charge in [0.25, 0.3) is 5.91 Å². The molecule has 2 aromatic rings. The van der Waals surface area contributed by atoms with Crippen molar-refractivity contribution in [2.75, 3.05) is 40.4 Å². The Hall–Kier alpha value is -2.49. The topological polar surface area (TPSA) is 84.0 Å². The zero-order chi connectivity index (χ0) is 20.2. The maximum absolute atomic E-state index is 12.1. The summed E-state index contributed by atoms with van der Waals surface area (Å²) in [7, 11) is 3.29. The monoisotopic (exact) mass is 512 g/mol. The van der Waals surface area contributed by atoms with Crippen LogP contribution < -0.4 is 25.4 Å². The number of methoxy groups -OCH3 is 1. The Morgan fingerprint density at radius 3 is 2.10 bits per heavy atom. The summed E-state index contributed by atoms with van der Waals surface area (Å²) in [6, 6.07) is 14.9. The molecule has 0 spiro atoms. The van der Waals surface area contributed by atoms with Gasteiger partial charge in [-0.15, -0.1) is 24.0 Å². The molecule has 8 heteroatoms. The Morgan fingerprint density at radius 1 is 0.897 bits per heavy atom. The van der Waals surface area contributed by atoms with Gasteiger partial charge < -0.3 is 25.4 Å². The first kappa shape index (κ1) is 24.5. The maximum Gasteiger partial charge on any atom is 0.251 e. The lowest BCUT2D eigenvalue weighted by Crippen LogP contribution is -2.42. The van der Waals surface area contributed by atoms with Crippen molar-refractivity contribution in [1.29, 1.82) is 0 Å². The molecule has 29 heavy (non-hydrogen) atoms. The van der Waals surface area contributed by atoms with Gasteiger partial charge in [-0.3, -0.25) is 9.79 Å². The van der Waals surface area contributed by atoms with Gasteiger partial charge >= 0.3 is 0 Å². The van der Waals surface area contributed by atoms with E-state index in [-0.39, 0.29) is 29.9 Å². The summed E-state index contributed by atoms with van der Waals surface area (Å²) in [4.78, 5) is 16.2. The van der Waals surface area contributed by atoms with Crippen LogP contribution in [0.15, 0.2) is 53.5 Å². The highest BCUT2D eigenvalue weighted by atomic mass is 127. The predicted octanol–water partition coefficient (Wildman–Crippen LogP) is 2.60. The Balaban J connectivity index is 0.00000420. The number of aliphatic imine (C=N–C) groups is 1. The van der Waals surface area contributed by atoms with E-state index in [2.05, 4.69) is 20.9 Å². The molecule has 0 aromatic heterocycles. The van der Waals surface area contributed by atoms with Crippen LogP contribution in [0.25, 0.3) is 0 Å². The number of benzene rings is 2. The molecule has 2 rings (SSSR count). The molecule has 0 aliphatic carbocycles. The summed E-state index contributed by atoms with van der Waals surface area (Å²) in [5, 5.41) is 9.18. The number of hydrogen-bond acceptors (Lipinski definition) is 4. The number of guanidine groups is 1. The molecule has 0 bridgehead atoms. The minimum atomic E-state index is -0.126. The highest BCUT2D eigenvalue weighted by Crippen LogP contribution is 2.11. The summed E-state index contributed by atoms with van der Waals surface area (Å²) < 4.78 is 10.8. The molecule has 0 aliphatic heterocycles. The van der Waals surface area contributed by atoms with Crippen LogP contribution in [0.5, 0.6) is 11.5 Å². The number of halogens is 1. The van der Waals surface area contributed by atoms with Crippen LogP contribution in [0.2, 0.25) is 0 Å². The van der Waals surface area contributed by atoms with Crippen LogP contribution in [-0.2, 0) is 0 Å². The number of nitrogens with one attached hydrogen (secondary N) is 3. The number of hydrogen-bond donors (Lipinski definition) is 3. The summed E-state index contributed by atoms with van der Waals surface area (Å²) in [6.07, 6.45) is 0. The summed E-state index contributed by atoms with van der Waals surface area (Å²) >= 11 is 0. The van der Waals surface area contributed by atoms with Crippen molar-refractivity contribution >= 4 is 35.8 Å². The van der Waals surface area contributed by atoms with Gasteiger partial charge in [0.05, 0.1) is 13.7 Å². The molecule has 1 amide bonds. The smallest absolute Gasteiger partial charge is 0.251 e. The first-order chi connectivity index (χ1) is 13.6. The van der Waals surface area contributed by atoms with E-state index >= 15 is 0 Å². The van der Waals surface area contributed by atoms with Crippen molar-refractivity contribution in [1.82, 2.24) is 16.0 Å². The highest BCUT2D eigenvalue weighted by Gasteiger charge is 2.05. The van der Waals surface area contributed by atoms with E-state index in [1.54, 1.807) is 38.4 Å². The van der Waals surface area contributed by atoms with Gasteiger partial charge in [-0.05, 0) is 43.3 Å². The minimum Gasteiger partial charge on any atom is -0.497 e. The van der Waals surface area contributed by atoms with E-state index in [1.165, 1.54) is 5.56 Å². The molecular formula is C21H29IN4O3. The third-order valence-corrected chi connectivity index (χ3v) is 3.96. The van der Waals surface area contributed by atoms with E-state index in [1.807, 2.05) is 31.2 Å². The predicted molar refractivity (Wildman–Crippen MR) is 127 cm³/mol. The zero-order valence-electron chi connectivity index (χ0n) is 17.0. The second kappa shape index (κ2) is 13.6. The normalized spacial score (nSPS) is 10.5. The quantitative estimate of drug-likeness (QED) is 0.208. The standard InChI is InChI=1S/C21H28N4O3.HI/c1-16-4-8-19(9-5-16)28-15-14-25-21(22-2)24-13-12-23-20(26)17-6-10-18(27-3)11-7-17;/h4-11H,12-15H2,1-3H3,(H,23,26)(H2,22,24,25);1H. The van der Waals surface area contributed by atoms with Crippen LogP contribution in [-0.4, -0.2) is 52.3 Å². The van der Waals surface area contributed by atoms with Crippen molar-refractivity contribution in [3.05, 3.63) is 59.7 Å². The number of ether oxygens (including phenoxy) is 2. The highest BCUT2D eigenvalue weighted by molar-refractivity contribution is 14.0. The molecule has 7 nitrogen and oxygen atoms in total. The molecular weight excluding hydrogens is 483 g/mol. The van der Waals surface area contributed by atoms with Gasteiger partial charge in [0, 0.05) is 25.7 Å². The van der Waals surface area contributed by atoms with E-state index in [4.69, 9.17) is 9.47 Å². The van der Waals surface area contributed by atoms with Crippen LogP contribution in [0.4, 0.5) is 0 Å². The fourth-order valence-electron chi connectivity index (χ4n) is 2.39. The van der Waals surface area contributed by atoms with E-state index < -0.39 is 0 Å². The number of rotatable bonds is 9. The van der Waals surface area contributed by atoms with Crippen LogP contribution in [0, 0.1) is 6.92 Å². The van der Waals surface area contributed by atoms with Gasteiger partial charge in [-0.2, -0.15) is 0 Å². The largest absolute Gasteiger partial charge is 0.497 e. The van der Waals surface area contributed by atoms with Crippen LogP contribution in [0.3, 0.4) is 0 Å². The Bertz CT molecular complexity index is 765. The van der Waals surface area contributed by atoms with Gasteiger partial charge in [0.15, 0.2) is 5.96 Å². The Kier molecular flexibility index (Phi) is 11.6. The number of carbonyl (C=O) groups excluding carboxylic acids is 1. The lowest BCUT2D eigenvalue weighted by Gasteiger charge is -2.13. The van der Waals surface area contributed by atoms with Crippen molar-refractivity contribution in [3.8, 4) is 11.5 Å². The molecule has 2 aromatic carbocycles.